The number of hydrogen-bond donors (Lipinski definition) is 3. The molecule has 0 amide bonds. The molecule has 0 saturated heterocycles. The summed E-state index contributed by atoms with van der Waals surface area (Å²) in [4.78, 5) is 24.0. The molecular weight excluding hydrogens is 556 g/mol. The molecule has 10 heteroatoms. The predicted molar refractivity (Wildman–Crippen MR) is 164 cm³/mol. The summed E-state index contributed by atoms with van der Waals surface area (Å²) in [5.74, 6) is -0.197. The van der Waals surface area contributed by atoms with Gasteiger partial charge in [0.15, 0.2) is 22.2 Å². The SMILES string of the molecule is C=C1C=CC(OCCCc2sc(N3CCc4cccc(C(O)Nc5nc6ccccc6s5)c4C3)nc2C(=O)O)=CC1. The highest BCUT2D eigenvalue weighted by atomic mass is 32.1. The summed E-state index contributed by atoms with van der Waals surface area (Å²) >= 11 is 2.93. The first-order valence-electron chi connectivity index (χ1n) is 13.5. The number of anilines is 2. The van der Waals surface area contributed by atoms with E-state index in [1.807, 2.05) is 54.6 Å². The van der Waals surface area contributed by atoms with Gasteiger partial charge < -0.3 is 25.2 Å². The fourth-order valence-electron chi connectivity index (χ4n) is 5.06. The quantitative estimate of drug-likeness (QED) is 0.143. The third kappa shape index (κ3) is 6.04. The summed E-state index contributed by atoms with van der Waals surface area (Å²) in [5.41, 5.74) is 5.03. The second-order valence-electron chi connectivity index (χ2n) is 10.0. The molecule has 6 rings (SSSR count). The minimum Gasteiger partial charge on any atom is -0.494 e. The number of fused-ring (bicyclic) bond motifs is 2. The van der Waals surface area contributed by atoms with Gasteiger partial charge in [0, 0.05) is 23.5 Å². The Morgan fingerprint density at radius 3 is 2.83 bits per heavy atom. The van der Waals surface area contributed by atoms with Crippen molar-refractivity contribution in [2.24, 2.45) is 0 Å². The average molecular weight is 587 g/mol. The summed E-state index contributed by atoms with van der Waals surface area (Å²) in [5, 5.41) is 25.5. The first-order valence-corrected chi connectivity index (χ1v) is 15.2. The number of carboxylic acid groups (broad SMARTS) is 1. The zero-order valence-corrected chi connectivity index (χ0v) is 24.0. The number of allylic oxidation sites excluding steroid dienone is 4. The van der Waals surface area contributed by atoms with Crippen molar-refractivity contribution in [2.75, 3.05) is 23.4 Å². The number of nitrogens with one attached hydrogen (secondary N) is 1. The van der Waals surface area contributed by atoms with Gasteiger partial charge in [-0.1, -0.05) is 59.9 Å². The number of carbonyl (C=O) groups is 1. The average Bonchev–Trinajstić information content (AvgIpc) is 3.59. The lowest BCUT2D eigenvalue weighted by atomic mass is 9.94. The molecule has 2 aliphatic rings. The lowest BCUT2D eigenvalue weighted by molar-refractivity contribution is 0.0690. The van der Waals surface area contributed by atoms with Crippen LogP contribution in [0.25, 0.3) is 10.2 Å². The van der Waals surface area contributed by atoms with Crippen molar-refractivity contribution in [3.63, 3.8) is 0 Å². The number of carboxylic acids is 1. The summed E-state index contributed by atoms with van der Waals surface area (Å²) in [6.45, 7) is 5.68. The molecule has 0 fully saturated rings. The topological polar surface area (TPSA) is 108 Å². The number of rotatable bonds is 10. The molecular formula is C31H30N4O4S2. The van der Waals surface area contributed by atoms with Crippen molar-refractivity contribution < 1.29 is 19.7 Å². The number of aliphatic hydroxyl groups is 1. The van der Waals surface area contributed by atoms with Crippen molar-refractivity contribution in [1.82, 2.24) is 9.97 Å². The Bertz CT molecular complexity index is 1640. The molecule has 210 valence electrons. The van der Waals surface area contributed by atoms with E-state index in [0.717, 1.165) is 56.9 Å². The van der Waals surface area contributed by atoms with Gasteiger partial charge in [-0.3, -0.25) is 0 Å². The number of benzene rings is 2. The van der Waals surface area contributed by atoms with E-state index in [2.05, 4.69) is 32.8 Å². The molecule has 2 aromatic carbocycles. The maximum absolute atomic E-state index is 12.0. The van der Waals surface area contributed by atoms with Crippen LogP contribution in [0.2, 0.25) is 0 Å². The van der Waals surface area contributed by atoms with Gasteiger partial charge >= 0.3 is 5.97 Å². The first kappa shape index (κ1) is 27.2. The van der Waals surface area contributed by atoms with Gasteiger partial charge in [0.1, 0.15) is 5.76 Å². The van der Waals surface area contributed by atoms with E-state index in [1.165, 1.54) is 28.2 Å². The monoisotopic (exact) mass is 586 g/mol. The Hall–Kier alpha value is -3.99. The minimum absolute atomic E-state index is 0.106. The van der Waals surface area contributed by atoms with Crippen molar-refractivity contribution in [3.05, 3.63) is 106 Å². The van der Waals surface area contributed by atoms with Crippen molar-refractivity contribution in [1.29, 1.82) is 0 Å². The van der Waals surface area contributed by atoms with Gasteiger partial charge in [-0.25, -0.2) is 14.8 Å². The van der Waals surface area contributed by atoms with E-state index < -0.39 is 12.2 Å². The van der Waals surface area contributed by atoms with Crippen LogP contribution in [0.5, 0.6) is 0 Å². The van der Waals surface area contributed by atoms with E-state index in [-0.39, 0.29) is 5.69 Å². The van der Waals surface area contributed by atoms with Gasteiger partial charge in [0.25, 0.3) is 0 Å². The summed E-state index contributed by atoms with van der Waals surface area (Å²) < 4.78 is 6.89. The molecule has 1 unspecified atom stereocenters. The standard InChI is InChI=1S/C31H30N4O4S2/c1-19-11-13-21(14-12-19)39-17-5-10-26-27(29(37)38)33-31(41-26)35-16-15-20-6-4-7-22(23(20)18-35)28(36)34-30-32-24-8-2-3-9-25(24)40-30/h2-4,6-9,11,13-14,28,36H,1,5,10,12,15-18H2,(H,32,34)(H,37,38). The molecule has 4 aromatic rings. The van der Waals surface area contributed by atoms with Crippen molar-refractivity contribution in [2.45, 2.75) is 38.5 Å². The molecule has 1 atom stereocenters. The summed E-state index contributed by atoms with van der Waals surface area (Å²) in [7, 11) is 0. The minimum atomic E-state index is -1.02. The van der Waals surface area contributed by atoms with Crippen LogP contribution in [-0.4, -0.2) is 39.3 Å². The Balaban J connectivity index is 1.15. The number of aromatic carboxylic acids is 1. The fourth-order valence-corrected chi connectivity index (χ4v) is 7.07. The molecule has 41 heavy (non-hydrogen) atoms. The third-order valence-corrected chi connectivity index (χ3v) is 9.33. The van der Waals surface area contributed by atoms with Crippen LogP contribution >= 0.6 is 22.7 Å². The summed E-state index contributed by atoms with van der Waals surface area (Å²) in [6.07, 6.45) is 7.75. The number of para-hydroxylation sites is 1. The molecule has 8 nitrogen and oxygen atoms in total. The van der Waals surface area contributed by atoms with Crippen molar-refractivity contribution in [3.8, 4) is 0 Å². The van der Waals surface area contributed by atoms with Gasteiger partial charge in [0.05, 0.1) is 16.8 Å². The van der Waals surface area contributed by atoms with Gasteiger partial charge in [-0.05, 0) is 61.1 Å². The van der Waals surface area contributed by atoms with E-state index in [4.69, 9.17) is 4.74 Å². The van der Waals surface area contributed by atoms with Crippen LogP contribution in [-0.2, 0) is 24.1 Å². The Labute approximate surface area is 246 Å². The third-order valence-electron chi connectivity index (χ3n) is 7.18. The van der Waals surface area contributed by atoms with Crippen LogP contribution in [0.4, 0.5) is 10.3 Å². The smallest absolute Gasteiger partial charge is 0.355 e. The number of aliphatic hydroxyl groups excluding tert-OH is 1. The number of aromatic nitrogens is 2. The molecule has 3 N–H and O–H groups in total. The van der Waals surface area contributed by atoms with Crippen LogP contribution in [0, 0.1) is 0 Å². The molecule has 1 aliphatic carbocycles. The lowest BCUT2D eigenvalue weighted by Crippen LogP contribution is -2.32. The van der Waals surface area contributed by atoms with Crippen LogP contribution in [0.1, 0.15) is 51.1 Å². The lowest BCUT2D eigenvalue weighted by Gasteiger charge is -2.31. The zero-order valence-electron chi connectivity index (χ0n) is 22.4. The highest BCUT2D eigenvalue weighted by Crippen LogP contribution is 2.35. The highest BCUT2D eigenvalue weighted by Gasteiger charge is 2.26. The van der Waals surface area contributed by atoms with Gasteiger partial charge in [-0.2, -0.15) is 0 Å². The first-order chi connectivity index (χ1) is 19.9. The maximum Gasteiger partial charge on any atom is 0.355 e. The Kier molecular flexibility index (Phi) is 7.86. The second kappa shape index (κ2) is 11.9. The molecule has 3 heterocycles. The summed E-state index contributed by atoms with van der Waals surface area (Å²) in [6, 6.07) is 13.9. The van der Waals surface area contributed by atoms with E-state index in [1.54, 1.807) is 0 Å². The zero-order chi connectivity index (χ0) is 28.3. The Morgan fingerprint density at radius 2 is 2.02 bits per heavy atom. The van der Waals surface area contributed by atoms with Crippen LogP contribution < -0.4 is 10.2 Å². The molecule has 0 bridgehead atoms. The number of ether oxygens (including phenoxy) is 1. The molecule has 0 saturated carbocycles. The fraction of sp³-hybridized carbons (Fsp3) is 0.258. The number of thiazole rings is 2. The van der Waals surface area contributed by atoms with E-state index >= 15 is 0 Å². The molecule has 2 aromatic heterocycles. The van der Waals surface area contributed by atoms with Crippen LogP contribution in [0.15, 0.2) is 78.6 Å². The molecule has 0 spiro atoms. The molecule has 0 radical (unpaired) electrons. The van der Waals surface area contributed by atoms with Gasteiger partial charge in [0.2, 0.25) is 0 Å². The highest BCUT2D eigenvalue weighted by molar-refractivity contribution is 7.22. The molecule has 1 aliphatic heterocycles. The van der Waals surface area contributed by atoms with Crippen molar-refractivity contribution >= 4 is 49.1 Å². The van der Waals surface area contributed by atoms with Gasteiger partial charge in [-0.15, -0.1) is 11.3 Å². The maximum atomic E-state index is 12.0. The number of nitrogens with zero attached hydrogens (tertiary/aromatic N) is 3. The second-order valence-corrected chi connectivity index (χ2v) is 12.1. The van der Waals surface area contributed by atoms with E-state index in [9.17, 15) is 15.0 Å². The van der Waals surface area contributed by atoms with E-state index in [0.29, 0.717) is 36.3 Å². The predicted octanol–water partition coefficient (Wildman–Crippen LogP) is 6.47. The number of aryl methyl sites for hydroxylation is 1. The number of hydrogen-bond acceptors (Lipinski definition) is 9. The largest absolute Gasteiger partial charge is 0.494 e. The normalized spacial score (nSPS) is 15.5. The van der Waals surface area contributed by atoms with Crippen LogP contribution in [0.3, 0.4) is 0 Å². The Morgan fingerprint density at radius 1 is 1.15 bits per heavy atom.